The van der Waals surface area contributed by atoms with E-state index in [0.29, 0.717) is 0 Å². The Morgan fingerprint density at radius 1 is 1.00 bits per heavy atom. The lowest BCUT2D eigenvalue weighted by Crippen LogP contribution is -2.50. The van der Waals surface area contributed by atoms with Crippen molar-refractivity contribution >= 4 is 0 Å². The molecule has 1 aliphatic carbocycles. The van der Waals surface area contributed by atoms with Crippen LogP contribution < -0.4 is 5.32 Å². The van der Waals surface area contributed by atoms with Crippen molar-refractivity contribution in [3.63, 3.8) is 0 Å². The van der Waals surface area contributed by atoms with Crippen LogP contribution in [-0.2, 0) is 0 Å². The van der Waals surface area contributed by atoms with E-state index in [1.165, 1.54) is 84.3 Å². The zero-order valence-electron chi connectivity index (χ0n) is 12.2. The molecule has 0 atom stereocenters. The standard InChI is InChI=1S/C15H31N3/c1-2-3-8-16-9-10-17-11-13-18(14-12-17)15-6-4-5-7-15/h15-16H,2-14H2,1H3. The Hall–Kier alpha value is -0.120. The minimum Gasteiger partial charge on any atom is -0.315 e. The first kappa shape index (κ1) is 14.3. The third kappa shape index (κ3) is 4.52. The molecule has 0 radical (unpaired) electrons. The van der Waals surface area contributed by atoms with Gasteiger partial charge in [-0.15, -0.1) is 0 Å². The number of hydrogen-bond donors (Lipinski definition) is 1. The molecule has 0 bridgehead atoms. The molecule has 3 nitrogen and oxygen atoms in total. The summed E-state index contributed by atoms with van der Waals surface area (Å²) < 4.78 is 0. The monoisotopic (exact) mass is 253 g/mol. The molecule has 1 saturated heterocycles. The molecule has 3 heteroatoms. The van der Waals surface area contributed by atoms with E-state index >= 15 is 0 Å². The molecule has 0 spiro atoms. The van der Waals surface area contributed by atoms with Crippen molar-refractivity contribution in [1.29, 1.82) is 0 Å². The van der Waals surface area contributed by atoms with Gasteiger partial charge in [-0.1, -0.05) is 26.2 Å². The van der Waals surface area contributed by atoms with Gasteiger partial charge < -0.3 is 5.32 Å². The quantitative estimate of drug-likeness (QED) is 0.700. The molecule has 1 heterocycles. The maximum atomic E-state index is 3.54. The highest BCUT2D eigenvalue weighted by atomic mass is 15.3. The summed E-state index contributed by atoms with van der Waals surface area (Å²) in [6.45, 7) is 11.0. The van der Waals surface area contributed by atoms with Crippen molar-refractivity contribution in [1.82, 2.24) is 15.1 Å². The molecule has 1 saturated carbocycles. The van der Waals surface area contributed by atoms with Crippen molar-refractivity contribution in [3.8, 4) is 0 Å². The second-order valence-electron chi connectivity index (χ2n) is 5.92. The number of piperazine rings is 1. The molecule has 0 aromatic carbocycles. The van der Waals surface area contributed by atoms with Crippen LogP contribution in [0.15, 0.2) is 0 Å². The summed E-state index contributed by atoms with van der Waals surface area (Å²) in [7, 11) is 0. The van der Waals surface area contributed by atoms with Gasteiger partial charge in [0.15, 0.2) is 0 Å². The summed E-state index contributed by atoms with van der Waals surface area (Å²) in [5, 5.41) is 3.54. The van der Waals surface area contributed by atoms with Gasteiger partial charge in [-0.2, -0.15) is 0 Å². The summed E-state index contributed by atoms with van der Waals surface area (Å²) in [6.07, 6.45) is 8.46. The van der Waals surface area contributed by atoms with E-state index in [4.69, 9.17) is 0 Å². The Morgan fingerprint density at radius 3 is 2.39 bits per heavy atom. The molecule has 1 aliphatic heterocycles. The van der Waals surface area contributed by atoms with E-state index < -0.39 is 0 Å². The van der Waals surface area contributed by atoms with Crippen molar-refractivity contribution in [2.75, 3.05) is 45.8 Å². The second-order valence-corrected chi connectivity index (χ2v) is 5.92. The summed E-state index contributed by atoms with van der Waals surface area (Å²) in [5.74, 6) is 0. The first-order valence-electron chi connectivity index (χ1n) is 8.07. The Kier molecular flexibility index (Phi) is 6.46. The van der Waals surface area contributed by atoms with Crippen LogP contribution in [0.3, 0.4) is 0 Å². The number of nitrogens with zero attached hydrogens (tertiary/aromatic N) is 2. The number of rotatable bonds is 7. The molecule has 0 aromatic heterocycles. The van der Waals surface area contributed by atoms with Gasteiger partial charge in [-0.25, -0.2) is 0 Å². The van der Waals surface area contributed by atoms with E-state index in [0.717, 1.165) is 6.04 Å². The van der Waals surface area contributed by atoms with Gasteiger partial charge in [-0.3, -0.25) is 9.80 Å². The van der Waals surface area contributed by atoms with Gasteiger partial charge in [-0.05, 0) is 25.8 Å². The fourth-order valence-electron chi connectivity index (χ4n) is 3.29. The van der Waals surface area contributed by atoms with Crippen LogP contribution in [0.5, 0.6) is 0 Å². The molecule has 0 amide bonds. The van der Waals surface area contributed by atoms with Crippen LogP contribution >= 0.6 is 0 Å². The molecule has 106 valence electrons. The smallest absolute Gasteiger partial charge is 0.0113 e. The average molecular weight is 253 g/mol. The largest absolute Gasteiger partial charge is 0.315 e. The zero-order valence-corrected chi connectivity index (χ0v) is 12.2. The predicted molar refractivity (Wildman–Crippen MR) is 78.0 cm³/mol. The van der Waals surface area contributed by atoms with Crippen molar-refractivity contribution in [3.05, 3.63) is 0 Å². The van der Waals surface area contributed by atoms with Crippen molar-refractivity contribution in [2.24, 2.45) is 0 Å². The third-order valence-corrected chi connectivity index (χ3v) is 4.56. The van der Waals surface area contributed by atoms with E-state index in [-0.39, 0.29) is 0 Å². The van der Waals surface area contributed by atoms with Gasteiger partial charge >= 0.3 is 0 Å². The van der Waals surface area contributed by atoms with Crippen molar-refractivity contribution < 1.29 is 0 Å². The molecule has 0 aromatic rings. The lowest BCUT2D eigenvalue weighted by atomic mass is 10.2. The van der Waals surface area contributed by atoms with Crippen LogP contribution in [0.1, 0.15) is 45.4 Å². The summed E-state index contributed by atoms with van der Waals surface area (Å²) >= 11 is 0. The first-order chi connectivity index (χ1) is 8.90. The number of hydrogen-bond acceptors (Lipinski definition) is 3. The molecule has 1 N–H and O–H groups in total. The topological polar surface area (TPSA) is 18.5 Å². The minimum absolute atomic E-state index is 0.926. The fourth-order valence-corrected chi connectivity index (χ4v) is 3.29. The Bertz CT molecular complexity index is 206. The average Bonchev–Trinajstić information content (AvgIpc) is 2.93. The zero-order chi connectivity index (χ0) is 12.6. The number of unbranched alkanes of at least 4 members (excludes halogenated alkanes) is 1. The lowest BCUT2D eigenvalue weighted by molar-refractivity contribution is 0.0985. The highest BCUT2D eigenvalue weighted by Gasteiger charge is 2.25. The molecule has 2 fully saturated rings. The predicted octanol–water partition coefficient (Wildman–Crippen LogP) is 1.94. The Balaban J connectivity index is 1.53. The minimum atomic E-state index is 0.926. The molecule has 2 aliphatic rings. The molecular weight excluding hydrogens is 222 g/mol. The maximum Gasteiger partial charge on any atom is 0.0113 e. The fraction of sp³-hybridized carbons (Fsp3) is 1.00. The third-order valence-electron chi connectivity index (χ3n) is 4.56. The molecule has 0 unspecified atom stereocenters. The summed E-state index contributed by atoms with van der Waals surface area (Å²) in [4.78, 5) is 5.37. The van der Waals surface area contributed by atoms with E-state index in [9.17, 15) is 0 Å². The van der Waals surface area contributed by atoms with E-state index in [1.54, 1.807) is 0 Å². The van der Waals surface area contributed by atoms with E-state index in [1.807, 2.05) is 0 Å². The maximum absolute atomic E-state index is 3.54. The first-order valence-corrected chi connectivity index (χ1v) is 8.07. The Labute approximate surface area is 113 Å². The Morgan fingerprint density at radius 2 is 1.72 bits per heavy atom. The van der Waals surface area contributed by atoms with Gasteiger partial charge in [0.2, 0.25) is 0 Å². The van der Waals surface area contributed by atoms with Crippen LogP contribution in [0.4, 0.5) is 0 Å². The van der Waals surface area contributed by atoms with Gasteiger partial charge in [0.1, 0.15) is 0 Å². The SMILES string of the molecule is CCCCNCCN1CCN(C2CCCC2)CC1. The molecule has 18 heavy (non-hydrogen) atoms. The number of nitrogens with one attached hydrogen (secondary N) is 1. The van der Waals surface area contributed by atoms with Gasteiger partial charge in [0, 0.05) is 45.3 Å². The normalized spacial score (nSPS) is 23.8. The van der Waals surface area contributed by atoms with E-state index in [2.05, 4.69) is 22.0 Å². The lowest BCUT2D eigenvalue weighted by Gasteiger charge is -2.38. The molecular formula is C15H31N3. The second kappa shape index (κ2) is 8.13. The highest BCUT2D eigenvalue weighted by Crippen LogP contribution is 2.24. The highest BCUT2D eigenvalue weighted by molar-refractivity contribution is 4.82. The van der Waals surface area contributed by atoms with Gasteiger partial charge in [0.05, 0.1) is 0 Å². The van der Waals surface area contributed by atoms with Gasteiger partial charge in [0.25, 0.3) is 0 Å². The van der Waals surface area contributed by atoms with Crippen LogP contribution in [0.25, 0.3) is 0 Å². The van der Waals surface area contributed by atoms with Crippen LogP contribution in [0.2, 0.25) is 0 Å². The molecule has 2 rings (SSSR count). The van der Waals surface area contributed by atoms with Crippen molar-refractivity contribution in [2.45, 2.75) is 51.5 Å². The summed E-state index contributed by atoms with van der Waals surface area (Å²) in [6, 6.07) is 0.926. The summed E-state index contributed by atoms with van der Waals surface area (Å²) in [5.41, 5.74) is 0. The van der Waals surface area contributed by atoms with Crippen LogP contribution in [0, 0.1) is 0 Å². The van der Waals surface area contributed by atoms with Crippen LogP contribution in [-0.4, -0.2) is 61.7 Å².